The van der Waals surface area contributed by atoms with Crippen molar-refractivity contribution in [2.45, 2.75) is 26.1 Å². The van der Waals surface area contributed by atoms with Crippen LogP contribution in [-0.4, -0.2) is 35.1 Å². The van der Waals surface area contributed by atoms with Crippen molar-refractivity contribution in [2.75, 3.05) is 18.4 Å². The summed E-state index contributed by atoms with van der Waals surface area (Å²) in [7, 11) is 0. The monoisotopic (exact) mass is 323 g/mol. The van der Waals surface area contributed by atoms with E-state index in [0.717, 1.165) is 10.4 Å². The van der Waals surface area contributed by atoms with Gasteiger partial charge >= 0.3 is 6.03 Å². The number of thiophene rings is 1. The molecule has 1 fully saturated rings. The predicted octanol–water partition coefficient (Wildman–Crippen LogP) is 3.51. The van der Waals surface area contributed by atoms with Gasteiger partial charge in [-0.15, -0.1) is 11.3 Å². The van der Waals surface area contributed by atoms with Crippen molar-refractivity contribution in [1.29, 1.82) is 0 Å². The lowest BCUT2D eigenvalue weighted by molar-refractivity contribution is -0.0640. The predicted molar refractivity (Wildman–Crippen MR) is 85.0 cm³/mol. The molecule has 2 atom stereocenters. The molecule has 0 bridgehead atoms. The first kappa shape index (κ1) is 14.5. The lowest BCUT2D eigenvalue weighted by Crippen LogP contribution is -2.47. The van der Waals surface area contributed by atoms with Crippen LogP contribution in [0.3, 0.4) is 0 Å². The number of nitrogens with one attached hydrogen (secondary N) is 1. The van der Waals surface area contributed by atoms with Gasteiger partial charge in [0.2, 0.25) is 0 Å². The molecule has 21 heavy (non-hydrogen) atoms. The Bertz CT molecular complexity index is 612. The minimum absolute atomic E-state index is 0.0208. The van der Waals surface area contributed by atoms with Crippen molar-refractivity contribution in [3.05, 3.63) is 33.5 Å². The molecule has 1 aliphatic heterocycles. The first-order valence-electron chi connectivity index (χ1n) is 6.77. The Hall–Kier alpha value is -1.44. The third kappa shape index (κ3) is 3.42. The second kappa shape index (κ2) is 6.13. The zero-order valence-corrected chi connectivity index (χ0v) is 13.5. The number of aromatic nitrogens is 1. The summed E-state index contributed by atoms with van der Waals surface area (Å²) in [5.41, 5.74) is 1.13. The van der Waals surface area contributed by atoms with E-state index in [-0.39, 0.29) is 18.2 Å². The van der Waals surface area contributed by atoms with Crippen LogP contribution in [0.2, 0.25) is 0 Å². The first-order valence-corrected chi connectivity index (χ1v) is 8.53. The molecule has 2 unspecified atom stereocenters. The maximum Gasteiger partial charge on any atom is 0.323 e. The van der Waals surface area contributed by atoms with Gasteiger partial charge in [0.05, 0.1) is 12.6 Å². The summed E-state index contributed by atoms with van der Waals surface area (Å²) in [5.74, 6) is 0. The quantitative estimate of drug-likeness (QED) is 0.920. The molecule has 2 amide bonds. The lowest BCUT2D eigenvalue weighted by Gasteiger charge is -2.36. The summed E-state index contributed by atoms with van der Waals surface area (Å²) in [6, 6.07) is 1.94. The van der Waals surface area contributed by atoms with Gasteiger partial charge in [-0.1, -0.05) is 0 Å². The fourth-order valence-corrected chi connectivity index (χ4v) is 3.70. The Morgan fingerprint density at radius 1 is 1.52 bits per heavy atom. The van der Waals surface area contributed by atoms with Gasteiger partial charge < -0.3 is 9.64 Å². The number of hydrogen-bond acceptors (Lipinski definition) is 5. The molecule has 0 saturated carbocycles. The number of hydrogen-bond donors (Lipinski definition) is 1. The molecule has 1 N–H and O–H groups in total. The van der Waals surface area contributed by atoms with Gasteiger partial charge in [-0.3, -0.25) is 5.32 Å². The highest BCUT2D eigenvalue weighted by atomic mass is 32.1. The Labute approximate surface area is 131 Å². The maximum absolute atomic E-state index is 12.4. The second-order valence-electron chi connectivity index (χ2n) is 5.10. The van der Waals surface area contributed by atoms with Crippen molar-refractivity contribution in [2.24, 2.45) is 0 Å². The van der Waals surface area contributed by atoms with E-state index in [1.54, 1.807) is 22.4 Å². The molecule has 0 aromatic carbocycles. The Balaban J connectivity index is 1.67. The van der Waals surface area contributed by atoms with E-state index in [1.165, 1.54) is 11.3 Å². The third-order valence-corrected chi connectivity index (χ3v) is 4.83. The van der Waals surface area contributed by atoms with Crippen molar-refractivity contribution in [3.8, 4) is 0 Å². The van der Waals surface area contributed by atoms with Crippen LogP contribution in [0, 0.1) is 6.92 Å². The summed E-state index contributed by atoms with van der Waals surface area (Å²) >= 11 is 3.12. The average Bonchev–Trinajstić information content (AvgIpc) is 3.10. The van der Waals surface area contributed by atoms with Gasteiger partial charge in [0.15, 0.2) is 5.13 Å². The largest absolute Gasteiger partial charge is 0.367 e. The van der Waals surface area contributed by atoms with E-state index in [2.05, 4.69) is 15.7 Å². The van der Waals surface area contributed by atoms with Crippen LogP contribution in [0.15, 0.2) is 23.0 Å². The SMILES string of the molecule is Cc1cnc(NC(=O)N2CC(C)OC(c3ccsc3)C2)s1. The number of ether oxygens (including phenoxy) is 1. The third-order valence-electron chi connectivity index (χ3n) is 3.30. The van der Waals surface area contributed by atoms with Crippen LogP contribution in [0.5, 0.6) is 0 Å². The lowest BCUT2D eigenvalue weighted by atomic mass is 10.1. The Kier molecular flexibility index (Phi) is 4.23. The summed E-state index contributed by atoms with van der Waals surface area (Å²) in [4.78, 5) is 19.4. The number of amides is 2. The molecule has 0 aliphatic carbocycles. The fraction of sp³-hybridized carbons (Fsp3) is 0.429. The topological polar surface area (TPSA) is 54.5 Å². The van der Waals surface area contributed by atoms with E-state index in [9.17, 15) is 4.79 Å². The van der Waals surface area contributed by atoms with E-state index < -0.39 is 0 Å². The number of anilines is 1. The summed E-state index contributed by atoms with van der Waals surface area (Å²) in [6.45, 7) is 5.12. The van der Waals surface area contributed by atoms with Crippen molar-refractivity contribution >= 4 is 33.8 Å². The molecule has 0 radical (unpaired) electrons. The smallest absolute Gasteiger partial charge is 0.323 e. The molecule has 3 rings (SSSR count). The number of morpholine rings is 1. The van der Waals surface area contributed by atoms with Gasteiger partial charge in [-0.25, -0.2) is 9.78 Å². The number of nitrogens with zero attached hydrogens (tertiary/aromatic N) is 2. The number of urea groups is 1. The zero-order valence-electron chi connectivity index (χ0n) is 11.9. The minimum atomic E-state index is -0.111. The van der Waals surface area contributed by atoms with Crippen LogP contribution in [0.1, 0.15) is 23.5 Å². The van der Waals surface area contributed by atoms with Crippen LogP contribution in [0.25, 0.3) is 0 Å². The Morgan fingerprint density at radius 3 is 3.05 bits per heavy atom. The van der Waals surface area contributed by atoms with E-state index >= 15 is 0 Å². The highest BCUT2D eigenvalue weighted by Gasteiger charge is 2.29. The number of carbonyl (C=O) groups excluding carboxylic acids is 1. The Morgan fingerprint density at radius 2 is 2.38 bits per heavy atom. The highest BCUT2D eigenvalue weighted by molar-refractivity contribution is 7.15. The molecule has 0 spiro atoms. The summed E-state index contributed by atoms with van der Waals surface area (Å²) in [5, 5.41) is 7.60. The number of carbonyl (C=O) groups is 1. The van der Waals surface area contributed by atoms with Gasteiger partial charge in [-0.05, 0) is 36.2 Å². The molecule has 7 heteroatoms. The van der Waals surface area contributed by atoms with Crippen LogP contribution < -0.4 is 5.32 Å². The first-order chi connectivity index (χ1) is 10.1. The van der Waals surface area contributed by atoms with Crippen molar-refractivity contribution in [3.63, 3.8) is 0 Å². The van der Waals surface area contributed by atoms with Gasteiger partial charge in [0.1, 0.15) is 6.10 Å². The molecule has 112 valence electrons. The van der Waals surface area contributed by atoms with E-state index in [0.29, 0.717) is 18.2 Å². The summed E-state index contributed by atoms with van der Waals surface area (Å²) in [6.07, 6.45) is 1.73. The summed E-state index contributed by atoms with van der Waals surface area (Å²) < 4.78 is 5.94. The van der Waals surface area contributed by atoms with Crippen molar-refractivity contribution in [1.82, 2.24) is 9.88 Å². The number of rotatable bonds is 2. The molecular weight excluding hydrogens is 306 g/mol. The number of aryl methyl sites for hydroxylation is 1. The fourth-order valence-electron chi connectivity index (χ4n) is 2.34. The standard InChI is InChI=1S/C14H17N3O2S2/c1-9-6-17(7-12(19-9)11-3-4-20-8-11)14(18)16-13-15-5-10(2)21-13/h3-5,8-9,12H,6-7H2,1-2H3,(H,15,16,18). The average molecular weight is 323 g/mol. The van der Waals surface area contributed by atoms with Crippen LogP contribution in [-0.2, 0) is 4.74 Å². The maximum atomic E-state index is 12.4. The number of thiazole rings is 1. The van der Waals surface area contributed by atoms with E-state index in [4.69, 9.17) is 4.74 Å². The normalized spacial score (nSPS) is 22.3. The molecule has 2 aromatic heterocycles. The van der Waals surface area contributed by atoms with Crippen LogP contribution in [0.4, 0.5) is 9.93 Å². The molecule has 5 nitrogen and oxygen atoms in total. The van der Waals surface area contributed by atoms with Gasteiger partial charge in [-0.2, -0.15) is 11.3 Å². The zero-order chi connectivity index (χ0) is 14.8. The molecular formula is C14H17N3O2S2. The molecule has 1 saturated heterocycles. The molecule has 2 aromatic rings. The van der Waals surface area contributed by atoms with Crippen LogP contribution >= 0.6 is 22.7 Å². The second-order valence-corrected chi connectivity index (χ2v) is 7.12. The highest BCUT2D eigenvalue weighted by Crippen LogP contribution is 2.27. The molecule has 3 heterocycles. The van der Waals surface area contributed by atoms with E-state index in [1.807, 2.05) is 25.3 Å². The van der Waals surface area contributed by atoms with Gasteiger partial charge in [0, 0.05) is 17.6 Å². The van der Waals surface area contributed by atoms with Crippen molar-refractivity contribution < 1.29 is 9.53 Å². The minimum Gasteiger partial charge on any atom is -0.367 e. The van der Waals surface area contributed by atoms with Gasteiger partial charge in [0.25, 0.3) is 0 Å². The molecule has 1 aliphatic rings.